The van der Waals surface area contributed by atoms with Crippen molar-refractivity contribution in [3.05, 3.63) is 46.8 Å². The average Bonchev–Trinajstić information content (AvgIpc) is 3.17. The molecule has 2 aromatic rings. The van der Waals surface area contributed by atoms with Crippen molar-refractivity contribution in [3.63, 3.8) is 0 Å². The molecule has 0 bridgehead atoms. The van der Waals surface area contributed by atoms with Gasteiger partial charge in [-0.1, -0.05) is 12.5 Å². The van der Waals surface area contributed by atoms with Crippen LogP contribution in [0.5, 0.6) is 5.75 Å². The Kier molecular flexibility index (Phi) is 5.95. The Labute approximate surface area is 157 Å². The molecule has 2 heterocycles. The van der Waals surface area contributed by atoms with Crippen LogP contribution in [0.4, 0.5) is 0 Å². The molecule has 1 N–H and O–H groups in total. The number of carbonyl (C=O) groups is 1. The fraction of sp³-hybridized carbons (Fsp3) is 0.389. The first kappa shape index (κ1) is 18.9. The van der Waals surface area contributed by atoms with E-state index in [1.165, 1.54) is 11.3 Å². The Morgan fingerprint density at radius 1 is 1.19 bits per heavy atom. The molecule has 1 aliphatic rings. The third kappa shape index (κ3) is 4.25. The molecule has 1 aromatic heterocycles. The fourth-order valence-electron chi connectivity index (χ4n) is 2.86. The Morgan fingerprint density at radius 2 is 1.96 bits per heavy atom. The number of ether oxygens (including phenoxy) is 1. The molecule has 8 heteroatoms. The Hall–Kier alpha value is -1.90. The van der Waals surface area contributed by atoms with Gasteiger partial charge in [0.15, 0.2) is 0 Å². The molecule has 140 valence electrons. The molecular weight excluding hydrogens is 372 g/mol. The summed E-state index contributed by atoms with van der Waals surface area (Å²) in [5.74, 6) is 0.390. The predicted molar refractivity (Wildman–Crippen MR) is 101 cm³/mol. The lowest BCUT2D eigenvalue weighted by Crippen LogP contribution is -2.35. The van der Waals surface area contributed by atoms with Crippen molar-refractivity contribution in [2.45, 2.75) is 30.0 Å². The molecule has 26 heavy (non-hydrogen) atoms. The first-order valence-electron chi connectivity index (χ1n) is 8.52. The summed E-state index contributed by atoms with van der Waals surface area (Å²) in [4.78, 5) is 13.1. The van der Waals surface area contributed by atoms with Crippen LogP contribution in [0.2, 0.25) is 0 Å². The highest BCUT2D eigenvalue weighted by Gasteiger charge is 2.27. The Balaban J connectivity index is 1.64. The molecule has 1 amide bonds. The number of rotatable bonds is 6. The maximum absolute atomic E-state index is 12.7. The Morgan fingerprint density at radius 3 is 2.69 bits per heavy atom. The van der Waals surface area contributed by atoms with Gasteiger partial charge in [0.25, 0.3) is 15.9 Å². The minimum atomic E-state index is -3.42. The van der Waals surface area contributed by atoms with E-state index in [4.69, 9.17) is 4.74 Å². The van der Waals surface area contributed by atoms with Crippen LogP contribution in [-0.2, 0) is 16.6 Å². The predicted octanol–water partition coefficient (Wildman–Crippen LogP) is 2.86. The summed E-state index contributed by atoms with van der Waals surface area (Å²) in [6, 6.07) is 10.3. The second-order valence-corrected chi connectivity index (χ2v) is 9.43. The van der Waals surface area contributed by atoms with Gasteiger partial charge in [-0.3, -0.25) is 4.79 Å². The van der Waals surface area contributed by atoms with Crippen molar-refractivity contribution < 1.29 is 17.9 Å². The fourth-order valence-corrected chi connectivity index (χ4v) is 5.83. The lowest BCUT2D eigenvalue weighted by Gasteiger charge is -2.25. The normalized spacial score (nSPS) is 15.6. The minimum absolute atomic E-state index is 0.224. The molecule has 1 aromatic carbocycles. The van der Waals surface area contributed by atoms with Crippen molar-refractivity contribution in [2.24, 2.45) is 0 Å². The third-order valence-corrected chi connectivity index (χ3v) is 7.75. The van der Waals surface area contributed by atoms with Gasteiger partial charge in [-0.25, -0.2) is 8.42 Å². The number of benzene rings is 1. The van der Waals surface area contributed by atoms with E-state index >= 15 is 0 Å². The molecule has 6 nitrogen and oxygen atoms in total. The van der Waals surface area contributed by atoms with Crippen LogP contribution in [0, 0.1) is 0 Å². The lowest BCUT2D eigenvalue weighted by atomic mass is 10.2. The van der Waals surface area contributed by atoms with E-state index in [0.29, 0.717) is 28.6 Å². The number of amides is 1. The van der Waals surface area contributed by atoms with E-state index in [1.54, 1.807) is 47.8 Å². The van der Waals surface area contributed by atoms with Gasteiger partial charge in [-0.15, -0.1) is 11.3 Å². The highest BCUT2D eigenvalue weighted by Crippen LogP contribution is 2.27. The van der Waals surface area contributed by atoms with Gasteiger partial charge >= 0.3 is 0 Å². The van der Waals surface area contributed by atoms with E-state index < -0.39 is 10.0 Å². The van der Waals surface area contributed by atoms with Crippen LogP contribution >= 0.6 is 11.3 Å². The van der Waals surface area contributed by atoms with Crippen LogP contribution in [-0.4, -0.2) is 38.8 Å². The van der Waals surface area contributed by atoms with E-state index in [1.807, 2.05) is 0 Å². The summed E-state index contributed by atoms with van der Waals surface area (Å²) in [7, 11) is -1.87. The van der Waals surface area contributed by atoms with Crippen LogP contribution in [0.3, 0.4) is 0 Å². The molecule has 1 fully saturated rings. The van der Waals surface area contributed by atoms with Crippen LogP contribution in [0.25, 0.3) is 0 Å². The van der Waals surface area contributed by atoms with Gasteiger partial charge in [0.05, 0.1) is 13.7 Å². The molecular formula is C18H22N2O4S2. The molecule has 0 atom stereocenters. The first-order chi connectivity index (χ1) is 12.5. The summed E-state index contributed by atoms with van der Waals surface area (Å²) in [5.41, 5.74) is 0.502. The number of hydrogen-bond acceptors (Lipinski definition) is 5. The number of sulfonamides is 1. The summed E-state index contributed by atoms with van der Waals surface area (Å²) in [6.07, 6.45) is 2.90. The van der Waals surface area contributed by atoms with Gasteiger partial charge in [0.2, 0.25) is 0 Å². The number of hydrogen-bond donors (Lipinski definition) is 1. The lowest BCUT2D eigenvalue weighted by molar-refractivity contribution is 0.0951. The maximum atomic E-state index is 12.7. The zero-order valence-corrected chi connectivity index (χ0v) is 16.2. The summed E-state index contributed by atoms with van der Waals surface area (Å²) >= 11 is 1.21. The number of thiophene rings is 1. The largest absolute Gasteiger partial charge is 0.497 e. The van der Waals surface area contributed by atoms with Gasteiger partial charge < -0.3 is 10.1 Å². The number of carbonyl (C=O) groups excluding carboxylic acids is 1. The molecule has 1 aliphatic heterocycles. The standard InChI is InChI=1S/C18H22N2O4S2/c1-24-15-7-5-6-14(12-15)18(21)19-13-16-8-9-17(25-16)26(22,23)20-10-3-2-4-11-20/h5-9,12H,2-4,10-11,13H2,1H3,(H,19,21). The highest BCUT2D eigenvalue weighted by molar-refractivity contribution is 7.91. The summed E-state index contributed by atoms with van der Waals surface area (Å²) < 4.78 is 32.3. The number of nitrogens with zero attached hydrogens (tertiary/aromatic N) is 1. The minimum Gasteiger partial charge on any atom is -0.497 e. The van der Waals surface area contributed by atoms with Gasteiger partial charge in [-0.2, -0.15) is 4.31 Å². The van der Waals surface area contributed by atoms with Crippen molar-refractivity contribution in [2.75, 3.05) is 20.2 Å². The Bertz CT molecular complexity index is 871. The molecule has 1 saturated heterocycles. The highest BCUT2D eigenvalue weighted by atomic mass is 32.2. The number of methoxy groups -OCH3 is 1. The molecule has 0 aliphatic carbocycles. The van der Waals surface area contributed by atoms with E-state index in [-0.39, 0.29) is 12.5 Å². The SMILES string of the molecule is COc1cccc(C(=O)NCc2ccc(S(=O)(=O)N3CCCCC3)s2)c1. The van der Waals surface area contributed by atoms with E-state index in [9.17, 15) is 13.2 Å². The van der Waals surface area contributed by atoms with Crippen molar-refractivity contribution in [3.8, 4) is 5.75 Å². The summed E-state index contributed by atoms with van der Waals surface area (Å²) in [6.45, 7) is 1.46. The first-order valence-corrected chi connectivity index (χ1v) is 10.8. The summed E-state index contributed by atoms with van der Waals surface area (Å²) in [5, 5.41) is 2.82. The quantitative estimate of drug-likeness (QED) is 0.817. The molecule has 0 unspecified atom stereocenters. The van der Waals surface area contributed by atoms with Gasteiger partial charge in [-0.05, 0) is 43.2 Å². The molecule has 0 saturated carbocycles. The second kappa shape index (κ2) is 8.20. The van der Waals surface area contributed by atoms with Gasteiger partial charge in [0.1, 0.15) is 9.96 Å². The molecule has 0 spiro atoms. The number of piperidine rings is 1. The third-order valence-electron chi connectivity index (χ3n) is 4.30. The van der Waals surface area contributed by atoms with Crippen LogP contribution < -0.4 is 10.1 Å². The zero-order valence-electron chi connectivity index (χ0n) is 14.6. The molecule has 3 rings (SSSR count). The van der Waals surface area contributed by atoms with Crippen LogP contribution in [0.15, 0.2) is 40.6 Å². The number of nitrogens with one attached hydrogen (secondary N) is 1. The van der Waals surface area contributed by atoms with E-state index in [2.05, 4.69) is 5.32 Å². The van der Waals surface area contributed by atoms with Crippen LogP contribution in [0.1, 0.15) is 34.5 Å². The molecule has 0 radical (unpaired) electrons. The van der Waals surface area contributed by atoms with Crippen molar-refractivity contribution in [1.29, 1.82) is 0 Å². The average molecular weight is 395 g/mol. The zero-order chi connectivity index (χ0) is 18.6. The topological polar surface area (TPSA) is 75.7 Å². The van der Waals surface area contributed by atoms with Crippen molar-refractivity contribution in [1.82, 2.24) is 9.62 Å². The van der Waals surface area contributed by atoms with E-state index in [0.717, 1.165) is 24.1 Å². The second-order valence-electron chi connectivity index (χ2n) is 6.10. The maximum Gasteiger partial charge on any atom is 0.252 e. The smallest absolute Gasteiger partial charge is 0.252 e. The van der Waals surface area contributed by atoms with Crippen molar-refractivity contribution >= 4 is 27.3 Å². The van der Waals surface area contributed by atoms with Gasteiger partial charge in [0, 0.05) is 23.5 Å². The monoisotopic (exact) mass is 394 g/mol.